The smallest absolute Gasteiger partial charge is 0.363 e. The fourth-order valence-electron chi connectivity index (χ4n) is 2.39. The normalized spacial score (nSPS) is 17.2. The number of rotatable bonds is 2. The van der Waals surface area contributed by atoms with Crippen LogP contribution < -0.4 is 9.47 Å². The lowest BCUT2D eigenvalue weighted by molar-refractivity contribution is -0.129. The molecule has 0 radical (unpaired) electrons. The number of ether oxygens (including phenoxy) is 3. The van der Waals surface area contributed by atoms with E-state index in [1.165, 1.54) is 18.2 Å². The lowest BCUT2D eigenvalue weighted by atomic mass is 10.1. The van der Waals surface area contributed by atoms with Crippen molar-refractivity contribution in [2.75, 3.05) is 6.79 Å². The van der Waals surface area contributed by atoms with Gasteiger partial charge in [0.1, 0.15) is 5.82 Å². The van der Waals surface area contributed by atoms with Gasteiger partial charge in [0.2, 0.25) is 12.7 Å². The molecule has 2 heterocycles. The Morgan fingerprint density at radius 3 is 2.88 bits per heavy atom. The Morgan fingerprint density at radius 1 is 1.21 bits per heavy atom. The first-order chi connectivity index (χ1) is 11.6. The minimum absolute atomic E-state index is 0.0446. The van der Waals surface area contributed by atoms with E-state index in [1.54, 1.807) is 24.3 Å². The summed E-state index contributed by atoms with van der Waals surface area (Å²) in [5, 5.41) is 0.363. The molecule has 0 unspecified atom stereocenters. The molecule has 0 saturated heterocycles. The second-order valence-corrected chi connectivity index (χ2v) is 5.46. The molecule has 0 spiro atoms. The number of aliphatic imine (C=N–C) groups is 1. The summed E-state index contributed by atoms with van der Waals surface area (Å²) < 4.78 is 29.3. The van der Waals surface area contributed by atoms with E-state index in [0.29, 0.717) is 22.1 Å². The Bertz CT molecular complexity index is 923. The Kier molecular flexibility index (Phi) is 3.46. The first-order valence-corrected chi connectivity index (χ1v) is 7.36. The number of carbonyl (C=O) groups excluding carboxylic acids is 1. The molecule has 0 aliphatic carbocycles. The van der Waals surface area contributed by atoms with Crippen molar-refractivity contribution in [3.63, 3.8) is 0 Å². The molecule has 2 aromatic rings. The van der Waals surface area contributed by atoms with Crippen LogP contribution in [0.25, 0.3) is 6.08 Å². The van der Waals surface area contributed by atoms with Gasteiger partial charge in [0.25, 0.3) is 0 Å². The number of halogens is 2. The van der Waals surface area contributed by atoms with Crippen molar-refractivity contribution in [3.05, 3.63) is 64.1 Å². The number of fused-ring (bicyclic) bond motifs is 1. The van der Waals surface area contributed by atoms with Gasteiger partial charge in [0, 0.05) is 0 Å². The van der Waals surface area contributed by atoms with E-state index in [2.05, 4.69) is 4.99 Å². The minimum Gasteiger partial charge on any atom is -0.454 e. The highest BCUT2D eigenvalue weighted by Gasteiger charge is 2.26. The molecule has 5 nitrogen and oxygen atoms in total. The van der Waals surface area contributed by atoms with Gasteiger partial charge in [0.05, 0.1) is 10.6 Å². The number of nitrogens with zero attached hydrogens (tertiary/aromatic N) is 1. The van der Waals surface area contributed by atoms with Gasteiger partial charge in [-0.15, -0.1) is 0 Å². The molecule has 120 valence electrons. The van der Waals surface area contributed by atoms with Crippen molar-refractivity contribution in [3.8, 4) is 11.5 Å². The third kappa shape index (κ3) is 2.51. The van der Waals surface area contributed by atoms with Gasteiger partial charge in [-0.25, -0.2) is 14.2 Å². The molecule has 0 saturated carbocycles. The van der Waals surface area contributed by atoms with Crippen molar-refractivity contribution in [2.45, 2.75) is 0 Å². The maximum atomic E-state index is 13.8. The highest BCUT2D eigenvalue weighted by molar-refractivity contribution is 6.32. The zero-order chi connectivity index (χ0) is 16.7. The van der Waals surface area contributed by atoms with E-state index in [9.17, 15) is 9.18 Å². The van der Waals surface area contributed by atoms with Gasteiger partial charge < -0.3 is 14.2 Å². The summed E-state index contributed by atoms with van der Waals surface area (Å²) in [6, 6.07) is 9.22. The number of cyclic esters (lactones) is 1. The second kappa shape index (κ2) is 5.65. The van der Waals surface area contributed by atoms with Crippen molar-refractivity contribution >= 4 is 29.5 Å². The molecule has 0 fully saturated rings. The molecule has 0 aromatic heterocycles. The van der Waals surface area contributed by atoms with E-state index < -0.39 is 11.8 Å². The van der Waals surface area contributed by atoms with Crippen molar-refractivity contribution in [1.29, 1.82) is 0 Å². The fourth-order valence-corrected chi connectivity index (χ4v) is 2.66. The Labute approximate surface area is 140 Å². The Morgan fingerprint density at radius 2 is 2.04 bits per heavy atom. The highest BCUT2D eigenvalue weighted by Crippen LogP contribution is 2.40. The highest BCUT2D eigenvalue weighted by atomic mass is 35.5. The average molecular weight is 346 g/mol. The van der Waals surface area contributed by atoms with Gasteiger partial charge >= 0.3 is 5.97 Å². The Balaban J connectivity index is 1.72. The van der Waals surface area contributed by atoms with Crippen molar-refractivity contribution in [1.82, 2.24) is 0 Å². The average Bonchev–Trinajstić information content (AvgIpc) is 3.15. The second-order valence-electron chi connectivity index (χ2n) is 5.05. The number of hydrogen-bond acceptors (Lipinski definition) is 5. The summed E-state index contributed by atoms with van der Waals surface area (Å²) in [5.74, 6) is -0.308. The van der Waals surface area contributed by atoms with E-state index >= 15 is 0 Å². The number of esters is 1. The topological polar surface area (TPSA) is 57.1 Å². The maximum absolute atomic E-state index is 13.8. The first kappa shape index (κ1) is 14.7. The summed E-state index contributed by atoms with van der Waals surface area (Å²) in [6.07, 6.45) is 1.49. The van der Waals surface area contributed by atoms with Crippen LogP contribution >= 0.6 is 11.6 Å². The lowest BCUT2D eigenvalue weighted by Gasteiger charge is -2.01. The maximum Gasteiger partial charge on any atom is 0.363 e. The van der Waals surface area contributed by atoms with Gasteiger partial charge in [-0.1, -0.05) is 23.7 Å². The lowest BCUT2D eigenvalue weighted by Crippen LogP contribution is -2.07. The molecular formula is C17H9ClFNO4. The van der Waals surface area contributed by atoms with Crippen LogP contribution in [0.2, 0.25) is 5.02 Å². The summed E-state index contributed by atoms with van der Waals surface area (Å²) in [6.45, 7) is 0.0900. The van der Waals surface area contributed by atoms with E-state index in [1.807, 2.05) is 0 Å². The van der Waals surface area contributed by atoms with E-state index in [4.69, 9.17) is 25.8 Å². The standard InChI is InChI=1S/C17H9ClFNO4/c18-11-5-9(7-14-15(11)23-8-22-14)6-13-17(21)24-16(20-13)10-3-1-2-4-12(10)19/h1-7H,8H2/b13-6-. The third-order valence-corrected chi connectivity index (χ3v) is 3.76. The van der Waals surface area contributed by atoms with E-state index in [0.717, 1.165) is 0 Å². The number of carbonyl (C=O) groups is 1. The summed E-state index contributed by atoms with van der Waals surface area (Å²) >= 11 is 6.11. The molecule has 0 bridgehead atoms. The van der Waals surface area contributed by atoms with Crippen LogP contribution in [0.1, 0.15) is 11.1 Å². The van der Waals surface area contributed by atoms with Gasteiger partial charge in [0.15, 0.2) is 17.2 Å². The number of hydrogen-bond donors (Lipinski definition) is 0. The zero-order valence-corrected chi connectivity index (χ0v) is 12.8. The van der Waals surface area contributed by atoms with Crippen molar-refractivity contribution in [2.24, 2.45) is 4.99 Å². The molecule has 7 heteroatoms. The monoisotopic (exact) mass is 345 g/mol. The van der Waals surface area contributed by atoms with Crippen LogP contribution in [0.3, 0.4) is 0 Å². The van der Waals surface area contributed by atoms with Gasteiger partial charge in [-0.3, -0.25) is 0 Å². The molecule has 0 N–H and O–H groups in total. The molecule has 2 aliphatic heterocycles. The largest absolute Gasteiger partial charge is 0.454 e. The van der Waals surface area contributed by atoms with Crippen LogP contribution in [0.15, 0.2) is 47.1 Å². The molecule has 24 heavy (non-hydrogen) atoms. The minimum atomic E-state index is -0.665. The molecule has 0 amide bonds. The molecule has 2 aromatic carbocycles. The van der Waals surface area contributed by atoms with Gasteiger partial charge in [-0.05, 0) is 35.9 Å². The van der Waals surface area contributed by atoms with Crippen LogP contribution in [-0.2, 0) is 9.53 Å². The molecule has 4 rings (SSSR count). The number of benzene rings is 2. The SMILES string of the molecule is O=C1OC(c2ccccc2F)=N/C1=C\c1cc(Cl)c2c(c1)OCO2. The quantitative estimate of drug-likeness (QED) is 0.617. The van der Waals surface area contributed by atoms with Crippen LogP contribution in [0.5, 0.6) is 11.5 Å². The van der Waals surface area contributed by atoms with Crippen molar-refractivity contribution < 1.29 is 23.4 Å². The summed E-state index contributed by atoms with van der Waals surface area (Å²) in [7, 11) is 0. The van der Waals surface area contributed by atoms with Crippen LogP contribution in [-0.4, -0.2) is 18.7 Å². The molecular weight excluding hydrogens is 337 g/mol. The zero-order valence-electron chi connectivity index (χ0n) is 12.1. The fraction of sp³-hybridized carbons (Fsp3) is 0.0588. The van der Waals surface area contributed by atoms with Crippen LogP contribution in [0.4, 0.5) is 4.39 Å². The predicted octanol–water partition coefficient (Wildman–Crippen LogP) is 3.55. The summed E-state index contributed by atoms with van der Waals surface area (Å²) in [5.41, 5.74) is 0.760. The van der Waals surface area contributed by atoms with E-state index in [-0.39, 0.29) is 24.0 Å². The Hall–Kier alpha value is -2.86. The van der Waals surface area contributed by atoms with Gasteiger partial charge in [-0.2, -0.15) is 0 Å². The first-order valence-electron chi connectivity index (χ1n) is 6.98. The summed E-state index contributed by atoms with van der Waals surface area (Å²) in [4.78, 5) is 16.0. The predicted molar refractivity (Wildman–Crippen MR) is 84.6 cm³/mol. The molecule has 0 atom stereocenters. The molecule has 2 aliphatic rings. The third-order valence-electron chi connectivity index (χ3n) is 3.48. The van der Waals surface area contributed by atoms with Crippen LogP contribution in [0, 0.1) is 5.82 Å².